The molecule has 15 heavy (non-hydrogen) atoms. The van der Waals surface area contributed by atoms with Crippen molar-refractivity contribution in [1.29, 1.82) is 0 Å². The minimum absolute atomic E-state index is 0.298. The van der Waals surface area contributed by atoms with Gasteiger partial charge in [-0.2, -0.15) is 11.8 Å². The van der Waals surface area contributed by atoms with E-state index in [1.54, 1.807) is 0 Å². The first-order valence-electron chi connectivity index (χ1n) is 5.76. The van der Waals surface area contributed by atoms with Crippen molar-refractivity contribution in [1.82, 2.24) is 4.90 Å². The van der Waals surface area contributed by atoms with E-state index >= 15 is 0 Å². The summed E-state index contributed by atoms with van der Waals surface area (Å²) in [7, 11) is 2.11. The molecule has 0 rings (SSSR count). The van der Waals surface area contributed by atoms with Crippen LogP contribution < -0.4 is 0 Å². The molecule has 0 aliphatic carbocycles. The van der Waals surface area contributed by atoms with Gasteiger partial charge in [-0.3, -0.25) is 4.90 Å². The Morgan fingerprint density at radius 2 is 1.93 bits per heavy atom. The molecule has 3 heteroatoms. The van der Waals surface area contributed by atoms with Crippen molar-refractivity contribution in [2.24, 2.45) is 5.92 Å². The summed E-state index contributed by atoms with van der Waals surface area (Å²) in [6, 6.07) is 0.574. The van der Waals surface area contributed by atoms with Crippen LogP contribution in [0, 0.1) is 5.92 Å². The molecule has 0 saturated carbocycles. The molecule has 0 aliphatic heterocycles. The lowest BCUT2D eigenvalue weighted by molar-refractivity contribution is -0.0203. The Balaban J connectivity index is 4.25. The summed E-state index contributed by atoms with van der Waals surface area (Å²) >= 11 is 1.87. The van der Waals surface area contributed by atoms with Gasteiger partial charge in [0.1, 0.15) is 0 Å². The highest BCUT2D eigenvalue weighted by atomic mass is 32.2. The largest absolute Gasteiger partial charge is 0.389 e. The summed E-state index contributed by atoms with van der Waals surface area (Å²) < 4.78 is 0. The Labute approximate surface area is 99.4 Å². The Morgan fingerprint density at radius 3 is 2.27 bits per heavy atom. The summed E-state index contributed by atoms with van der Waals surface area (Å²) in [4.78, 5) is 2.29. The number of nitrogens with zero attached hydrogens (tertiary/aromatic N) is 1. The molecule has 2 atom stereocenters. The van der Waals surface area contributed by atoms with Crippen molar-refractivity contribution >= 4 is 11.8 Å². The second-order valence-corrected chi connectivity index (χ2v) is 5.86. The first kappa shape index (κ1) is 15.3. The summed E-state index contributed by atoms with van der Waals surface area (Å²) in [5, 5.41) is 10.2. The van der Waals surface area contributed by atoms with Gasteiger partial charge >= 0.3 is 0 Å². The van der Waals surface area contributed by atoms with Gasteiger partial charge in [0.2, 0.25) is 0 Å². The van der Waals surface area contributed by atoms with Gasteiger partial charge < -0.3 is 5.11 Å². The maximum Gasteiger partial charge on any atom is 0.0768 e. The molecule has 2 unspecified atom stereocenters. The van der Waals surface area contributed by atoms with Crippen molar-refractivity contribution in [3.05, 3.63) is 0 Å². The van der Waals surface area contributed by atoms with E-state index in [9.17, 15) is 5.11 Å². The second kappa shape index (κ2) is 6.77. The Kier molecular flexibility index (Phi) is 6.89. The number of aliphatic hydroxyl groups is 1. The van der Waals surface area contributed by atoms with E-state index in [0.717, 1.165) is 18.7 Å². The van der Waals surface area contributed by atoms with E-state index in [4.69, 9.17) is 0 Å². The minimum Gasteiger partial charge on any atom is -0.389 e. The Morgan fingerprint density at radius 1 is 1.40 bits per heavy atom. The molecule has 0 heterocycles. The molecule has 0 spiro atoms. The van der Waals surface area contributed by atoms with Crippen LogP contribution in [-0.4, -0.2) is 47.3 Å². The van der Waals surface area contributed by atoms with Crippen molar-refractivity contribution in [3.63, 3.8) is 0 Å². The van der Waals surface area contributed by atoms with E-state index in [0.29, 0.717) is 12.0 Å². The summed E-state index contributed by atoms with van der Waals surface area (Å²) in [5.74, 6) is 1.44. The molecule has 0 fully saturated rings. The van der Waals surface area contributed by atoms with Crippen LogP contribution in [0.2, 0.25) is 0 Å². The molecular formula is C12H27NOS. The average molecular weight is 233 g/mol. The minimum atomic E-state index is -0.583. The molecule has 0 saturated heterocycles. The number of rotatable bonds is 7. The molecule has 2 nitrogen and oxygen atoms in total. The maximum atomic E-state index is 10.2. The van der Waals surface area contributed by atoms with E-state index in [2.05, 4.69) is 39.0 Å². The highest BCUT2D eigenvalue weighted by Gasteiger charge is 2.28. The smallest absolute Gasteiger partial charge is 0.0768 e. The lowest BCUT2D eigenvalue weighted by Gasteiger charge is -2.36. The molecule has 0 bridgehead atoms. The van der Waals surface area contributed by atoms with Crippen molar-refractivity contribution in [3.8, 4) is 0 Å². The van der Waals surface area contributed by atoms with Crippen molar-refractivity contribution < 1.29 is 5.11 Å². The van der Waals surface area contributed by atoms with Gasteiger partial charge in [-0.1, -0.05) is 20.8 Å². The Hall–Kier alpha value is 0.270. The van der Waals surface area contributed by atoms with Gasteiger partial charge in [0.25, 0.3) is 0 Å². The lowest BCUT2D eigenvalue weighted by Crippen LogP contribution is -2.47. The first-order chi connectivity index (χ1) is 6.85. The van der Waals surface area contributed by atoms with E-state index in [1.165, 1.54) is 0 Å². The van der Waals surface area contributed by atoms with Crippen LogP contribution in [-0.2, 0) is 0 Å². The molecule has 92 valence electrons. The molecule has 0 aromatic heterocycles. The predicted octanol–water partition coefficient (Wildman–Crippen LogP) is 2.47. The third-order valence-electron chi connectivity index (χ3n) is 3.27. The van der Waals surface area contributed by atoms with E-state index < -0.39 is 5.60 Å². The summed E-state index contributed by atoms with van der Waals surface area (Å²) in [6.07, 6.45) is 3.28. The summed E-state index contributed by atoms with van der Waals surface area (Å²) in [5.41, 5.74) is -0.583. The molecule has 0 amide bonds. The zero-order valence-electron chi connectivity index (χ0n) is 11.1. The van der Waals surface area contributed by atoms with Gasteiger partial charge in [-0.25, -0.2) is 0 Å². The van der Waals surface area contributed by atoms with Crippen LogP contribution in [0.5, 0.6) is 0 Å². The van der Waals surface area contributed by atoms with Gasteiger partial charge in [-0.15, -0.1) is 0 Å². The molecular weight excluding hydrogens is 206 g/mol. The zero-order chi connectivity index (χ0) is 12.1. The van der Waals surface area contributed by atoms with Gasteiger partial charge in [0, 0.05) is 18.3 Å². The van der Waals surface area contributed by atoms with E-state index in [1.807, 2.05) is 18.7 Å². The average Bonchev–Trinajstić information content (AvgIpc) is 2.12. The predicted molar refractivity (Wildman–Crippen MR) is 70.6 cm³/mol. The van der Waals surface area contributed by atoms with Gasteiger partial charge in [-0.05, 0) is 32.6 Å². The monoisotopic (exact) mass is 233 g/mol. The fourth-order valence-electron chi connectivity index (χ4n) is 1.57. The standard InChI is InChI=1S/C12H27NOS/c1-7-11(8-15-6)13(5)9-12(4,14)10(2)3/h10-11,14H,7-9H2,1-6H3. The van der Waals surface area contributed by atoms with Crippen molar-refractivity contribution in [2.75, 3.05) is 25.6 Å². The fourth-order valence-corrected chi connectivity index (χ4v) is 2.44. The molecule has 1 N–H and O–H groups in total. The SMILES string of the molecule is CCC(CSC)N(C)CC(C)(O)C(C)C. The second-order valence-electron chi connectivity index (χ2n) is 4.94. The van der Waals surface area contributed by atoms with Crippen molar-refractivity contribution in [2.45, 2.75) is 45.8 Å². The number of likely N-dealkylation sites (N-methyl/N-ethyl adjacent to an activating group) is 1. The molecule has 0 aliphatic rings. The van der Waals surface area contributed by atoms with E-state index in [-0.39, 0.29) is 0 Å². The van der Waals surface area contributed by atoms with Gasteiger partial charge in [0.05, 0.1) is 5.60 Å². The molecule has 0 aromatic rings. The van der Waals surface area contributed by atoms with Gasteiger partial charge in [0.15, 0.2) is 0 Å². The number of hydrogen-bond acceptors (Lipinski definition) is 3. The first-order valence-corrected chi connectivity index (χ1v) is 7.16. The zero-order valence-corrected chi connectivity index (χ0v) is 11.9. The van der Waals surface area contributed by atoms with Crippen LogP contribution in [0.1, 0.15) is 34.1 Å². The maximum absolute atomic E-state index is 10.2. The topological polar surface area (TPSA) is 23.5 Å². The highest BCUT2D eigenvalue weighted by Crippen LogP contribution is 2.19. The van der Waals surface area contributed by atoms with Crippen LogP contribution in [0.25, 0.3) is 0 Å². The fraction of sp³-hybridized carbons (Fsp3) is 1.00. The summed E-state index contributed by atoms with van der Waals surface area (Å²) in [6.45, 7) is 9.04. The van der Waals surface area contributed by atoms with Crippen LogP contribution >= 0.6 is 11.8 Å². The normalized spacial score (nSPS) is 18.2. The highest BCUT2D eigenvalue weighted by molar-refractivity contribution is 7.98. The lowest BCUT2D eigenvalue weighted by atomic mass is 9.91. The molecule has 0 aromatic carbocycles. The Bertz CT molecular complexity index is 171. The number of hydrogen-bond donors (Lipinski definition) is 1. The third-order valence-corrected chi connectivity index (χ3v) is 3.99. The van der Waals surface area contributed by atoms with Crippen LogP contribution in [0.15, 0.2) is 0 Å². The quantitative estimate of drug-likeness (QED) is 0.731. The van der Waals surface area contributed by atoms with Crippen LogP contribution in [0.3, 0.4) is 0 Å². The number of thioether (sulfide) groups is 1. The van der Waals surface area contributed by atoms with Crippen LogP contribution in [0.4, 0.5) is 0 Å². The third kappa shape index (κ3) is 5.23. The molecule has 0 radical (unpaired) electrons.